The number of ether oxygens (including phenoxy) is 2. The molecule has 2 aliphatic rings. The predicted octanol–water partition coefficient (Wildman–Crippen LogP) is -0.395. The molecule has 154 valence electrons. The van der Waals surface area contributed by atoms with Crippen LogP contribution in [0.3, 0.4) is 0 Å². The summed E-state index contributed by atoms with van der Waals surface area (Å²) in [5.74, 6) is 1.62. The van der Waals surface area contributed by atoms with Crippen LogP contribution < -0.4 is 24.6 Å². The Morgan fingerprint density at radius 1 is 1.03 bits per heavy atom. The van der Waals surface area contributed by atoms with E-state index in [0.29, 0.717) is 18.0 Å². The lowest BCUT2D eigenvalue weighted by atomic mass is 10.1. The number of amides is 1. The number of fused-ring (bicyclic) bond motifs is 1. The van der Waals surface area contributed by atoms with Gasteiger partial charge >= 0.3 is 0 Å². The summed E-state index contributed by atoms with van der Waals surface area (Å²) in [7, 11) is 0. The summed E-state index contributed by atoms with van der Waals surface area (Å²) in [5.41, 5.74) is 2.96. The summed E-state index contributed by atoms with van der Waals surface area (Å²) in [5, 5.41) is 13.3. The van der Waals surface area contributed by atoms with E-state index >= 15 is 0 Å². The highest BCUT2D eigenvalue weighted by molar-refractivity contribution is 5.92. The molecule has 4 N–H and O–H groups in total. The Kier molecular flexibility index (Phi) is 5.87. The first-order valence-electron chi connectivity index (χ1n) is 10.3. The second-order valence-corrected chi connectivity index (χ2v) is 7.75. The van der Waals surface area contributed by atoms with Gasteiger partial charge in [0.2, 0.25) is 6.79 Å². The number of carbonyl (C=O) groups is 1. The van der Waals surface area contributed by atoms with Gasteiger partial charge in [-0.05, 0) is 24.1 Å². The quantitative estimate of drug-likeness (QED) is 0.534. The Morgan fingerprint density at radius 3 is 2.48 bits per heavy atom. The topological polar surface area (TPSA) is 76.7 Å². The Balaban J connectivity index is 1.27. The highest BCUT2D eigenvalue weighted by Crippen LogP contribution is 2.37. The number of phenolic OH excluding ortho intramolecular Hbond substituents is 1. The SMILES string of the molecule is CCc1ccccc1NC(=O)C[NH+]1CC[NH+](Cc2cc3c(cc2O)OCO3)CC1. The van der Waals surface area contributed by atoms with Crippen LogP contribution in [0.4, 0.5) is 5.69 Å². The van der Waals surface area contributed by atoms with Gasteiger partial charge in [-0.2, -0.15) is 0 Å². The van der Waals surface area contributed by atoms with E-state index < -0.39 is 0 Å². The molecule has 0 unspecified atom stereocenters. The van der Waals surface area contributed by atoms with Gasteiger partial charge in [-0.15, -0.1) is 0 Å². The van der Waals surface area contributed by atoms with Crippen LogP contribution in [-0.2, 0) is 17.8 Å². The molecule has 1 amide bonds. The second-order valence-electron chi connectivity index (χ2n) is 7.75. The fourth-order valence-corrected chi connectivity index (χ4v) is 4.07. The molecule has 29 heavy (non-hydrogen) atoms. The van der Waals surface area contributed by atoms with E-state index in [4.69, 9.17) is 9.47 Å². The lowest BCUT2D eigenvalue weighted by molar-refractivity contribution is -1.02. The van der Waals surface area contributed by atoms with Crippen LogP contribution >= 0.6 is 0 Å². The molecule has 7 nitrogen and oxygen atoms in total. The average Bonchev–Trinajstić information content (AvgIpc) is 3.17. The predicted molar refractivity (Wildman–Crippen MR) is 109 cm³/mol. The first-order valence-corrected chi connectivity index (χ1v) is 10.3. The highest BCUT2D eigenvalue weighted by Gasteiger charge is 2.27. The van der Waals surface area contributed by atoms with Crippen LogP contribution in [0.2, 0.25) is 0 Å². The minimum atomic E-state index is 0.0674. The molecule has 0 atom stereocenters. The number of hydrogen-bond donors (Lipinski definition) is 4. The average molecular weight is 399 g/mol. The number of rotatable bonds is 6. The van der Waals surface area contributed by atoms with E-state index in [-0.39, 0.29) is 18.4 Å². The van der Waals surface area contributed by atoms with Gasteiger partial charge in [0.15, 0.2) is 18.0 Å². The molecule has 0 bridgehead atoms. The van der Waals surface area contributed by atoms with E-state index in [2.05, 4.69) is 18.3 Å². The molecule has 0 radical (unpaired) electrons. The maximum Gasteiger partial charge on any atom is 0.279 e. The number of nitrogens with one attached hydrogen (secondary N) is 3. The van der Waals surface area contributed by atoms with Crippen molar-refractivity contribution in [3.8, 4) is 17.2 Å². The van der Waals surface area contributed by atoms with Crippen LogP contribution in [0.1, 0.15) is 18.1 Å². The third-order valence-corrected chi connectivity index (χ3v) is 5.76. The number of phenols is 1. The highest BCUT2D eigenvalue weighted by atomic mass is 16.7. The van der Waals surface area contributed by atoms with Crippen molar-refractivity contribution in [2.24, 2.45) is 0 Å². The van der Waals surface area contributed by atoms with Crippen molar-refractivity contribution in [3.05, 3.63) is 47.5 Å². The number of benzene rings is 2. The van der Waals surface area contributed by atoms with Crippen LogP contribution in [0.5, 0.6) is 17.2 Å². The summed E-state index contributed by atoms with van der Waals surface area (Å²) >= 11 is 0. The first kappa shape index (κ1) is 19.5. The van der Waals surface area contributed by atoms with Crippen LogP contribution in [0.25, 0.3) is 0 Å². The maximum absolute atomic E-state index is 12.5. The fourth-order valence-electron chi connectivity index (χ4n) is 4.07. The zero-order valence-electron chi connectivity index (χ0n) is 16.8. The molecule has 2 aromatic carbocycles. The third kappa shape index (κ3) is 4.63. The van der Waals surface area contributed by atoms with Gasteiger partial charge in [0, 0.05) is 11.8 Å². The van der Waals surface area contributed by atoms with Gasteiger partial charge < -0.3 is 29.7 Å². The number of aryl methyl sites for hydroxylation is 1. The van der Waals surface area contributed by atoms with E-state index in [1.54, 1.807) is 6.07 Å². The number of anilines is 1. The van der Waals surface area contributed by atoms with E-state index in [0.717, 1.165) is 56.0 Å². The van der Waals surface area contributed by atoms with E-state index in [1.807, 2.05) is 24.3 Å². The number of para-hydroxylation sites is 1. The smallest absolute Gasteiger partial charge is 0.279 e. The molecule has 4 rings (SSSR count). The molecule has 0 spiro atoms. The first-order chi connectivity index (χ1) is 14.1. The van der Waals surface area contributed by atoms with Gasteiger partial charge in [0.1, 0.15) is 38.5 Å². The van der Waals surface area contributed by atoms with E-state index in [1.165, 1.54) is 9.80 Å². The monoisotopic (exact) mass is 399 g/mol. The van der Waals surface area contributed by atoms with Gasteiger partial charge in [-0.1, -0.05) is 25.1 Å². The van der Waals surface area contributed by atoms with Crippen molar-refractivity contribution >= 4 is 11.6 Å². The molecule has 2 heterocycles. The Hall–Kier alpha value is -2.77. The summed E-state index contributed by atoms with van der Waals surface area (Å²) < 4.78 is 10.7. The van der Waals surface area contributed by atoms with Crippen LogP contribution in [0.15, 0.2) is 36.4 Å². The zero-order valence-corrected chi connectivity index (χ0v) is 16.8. The lowest BCUT2D eigenvalue weighted by Crippen LogP contribution is -3.28. The van der Waals surface area contributed by atoms with E-state index in [9.17, 15) is 9.90 Å². The number of aromatic hydroxyl groups is 1. The maximum atomic E-state index is 12.5. The lowest BCUT2D eigenvalue weighted by Gasteiger charge is -2.29. The molecular formula is C22H29N3O4+2. The molecule has 1 saturated heterocycles. The summed E-state index contributed by atoms with van der Waals surface area (Å²) in [6.07, 6.45) is 0.901. The summed E-state index contributed by atoms with van der Waals surface area (Å²) in [6, 6.07) is 11.5. The Labute approximate surface area is 170 Å². The largest absolute Gasteiger partial charge is 0.507 e. The normalized spacial score (nSPS) is 20.4. The van der Waals surface area contributed by atoms with Gasteiger partial charge in [0.05, 0.1) is 5.56 Å². The second kappa shape index (κ2) is 8.71. The Morgan fingerprint density at radius 2 is 1.72 bits per heavy atom. The van der Waals surface area contributed by atoms with Crippen LogP contribution in [0, 0.1) is 0 Å². The minimum absolute atomic E-state index is 0.0674. The van der Waals surface area contributed by atoms with Gasteiger partial charge in [0.25, 0.3) is 5.91 Å². The van der Waals surface area contributed by atoms with Crippen molar-refractivity contribution in [2.75, 3.05) is 44.8 Å². The minimum Gasteiger partial charge on any atom is -0.507 e. The molecule has 2 aromatic rings. The van der Waals surface area contributed by atoms with Crippen molar-refractivity contribution < 1.29 is 29.2 Å². The molecule has 2 aliphatic heterocycles. The van der Waals surface area contributed by atoms with Crippen molar-refractivity contribution in [2.45, 2.75) is 19.9 Å². The van der Waals surface area contributed by atoms with Crippen molar-refractivity contribution in [1.82, 2.24) is 0 Å². The van der Waals surface area contributed by atoms with Gasteiger partial charge in [-0.25, -0.2) is 0 Å². The number of quaternary nitrogens is 2. The molecule has 0 aliphatic carbocycles. The van der Waals surface area contributed by atoms with Crippen LogP contribution in [-0.4, -0.2) is 50.5 Å². The van der Waals surface area contributed by atoms with Crippen molar-refractivity contribution in [1.29, 1.82) is 0 Å². The molecule has 1 fully saturated rings. The number of hydrogen-bond acceptors (Lipinski definition) is 4. The molecular weight excluding hydrogens is 370 g/mol. The zero-order chi connectivity index (χ0) is 20.2. The molecule has 7 heteroatoms. The Bertz CT molecular complexity index is 878. The molecule has 0 saturated carbocycles. The number of piperazine rings is 1. The third-order valence-electron chi connectivity index (χ3n) is 5.76. The fraction of sp³-hybridized carbons (Fsp3) is 0.409. The number of carbonyl (C=O) groups excluding carboxylic acids is 1. The van der Waals surface area contributed by atoms with Gasteiger partial charge in [-0.3, -0.25) is 4.79 Å². The summed E-state index contributed by atoms with van der Waals surface area (Å²) in [6.45, 7) is 7.32. The standard InChI is InChI=1S/C22H27N3O4/c1-2-16-5-3-4-6-18(16)23-22(27)14-25-9-7-24(8-10-25)13-17-11-20-21(12-19(17)26)29-15-28-20/h3-6,11-12,26H,2,7-10,13-15H2,1H3,(H,23,27)/p+2. The summed E-state index contributed by atoms with van der Waals surface area (Å²) in [4.78, 5) is 15.2. The van der Waals surface area contributed by atoms with Crippen molar-refractivity contribution in [3.63, 3.8) is 0 Å². The molecule has 0 aromatic heterocycles.